The van der Waals surface area contributed by atoms with E-state index in [1.54, 1.807) is 35.5 Å². The number of thiazole rings is 1. The molecule has 2 aromatic heterocycles. The summed E-state index contributed by atoms with van der Waals surface area (Å²) < 4.78 is 0. The fourth-order valence-corrected chi connectivity index (χ4v) is 3.64. The average molecular weight is 341 g/mol. The molecule has 116 valence electrons. The summed E-state index contributed by atoms with van der Waals surface area (Å²) in [6.45, 7) is 0.470. The van der Waals surface area contributed by atoms with E-state index in [-0.39, 0.29) is 5.91 Å². The van der Waals surface area contributed by atoms with E-state index < -0.39 is 0 Å². The number of thioether (sulfide) groups is 1. The molecule has 1 aromatic carbocycles. The molecule has 2 heterocycles. The van der Waals surface area contributed by atoms with Crippen molar-refractivity contribution < 1.29 is 4.79 Å². The topological polar surface area (TPSA) is 54.9 Å². The lowest BCUT2D eigenvalue weighted by atomic mass is 10.2. The number of benzene rings is 1. The fraction of sp³-hybridized carbons (Fsp3) is 0.118. The maximum Gasteiger partial charge on any atom is 0.252 e. The van der Waals surface area contributed by atoms with E-state index in [2.05, 4.69) is 15.3 Å². The maximum atomic E-state index is 12.4. The van der Waals surface area contributed by atoms with Gasteiger partial charge >= 0.3 is 0 Å². The number of amides is 1. The van der Waals surface area contributed by atoms with E-state index >= 15 is 0 Å². The molecular formula is C17H15N3OS2. The third kappa shape index (κ3) is 4.40. The lowest BCUT2D eigenvalue weighted by Crippen LogP contribution is -2.23. The molecule has 3 aromatic rings. The van der Waals surface area contributed by atoms with E-state index in [4.69, 9.17) is 0 Å². The van der Waals surface area contributed by atoms with Gasteiger partial charge in [0.05, 0.1) is 16.8 Å². The Morgan fingerprint density at radius 3 is 2.91 bits per heavy atom. The van der Waals surface area contributed by atoms with Gasteiger partial charge in [0.1, 0.15) is 0 Å². The molecule has 0 aliphatic rings. The second kappa shape index (κ2) is 7.89. The molecule has 0 aliphatic carbocycles. The normalized spacial score (nSPS) is 10.4. The zero-order valence-electron chi connectivity index (χ0n) is 12.3. The van der Waals surface area contributed by atoms with E-state index in [1.165, 1.54) is 0 Å². The second-order valence-electron chi connectivity index (χ2n) is 4.81. The predicted octanol–water partition coefficient (Wildman–Crippen LogP) is 3.76. The highest BCUT2D eigenvalue weighted by molar-refractivity contribution is 7.98. The van der Waals surface area contributed by atoms with Crippen molar-refractivity contribution >= 4 is 29.0 Å². The van der Waals surface area contributed by atoms with Gasteiger partial charge in [-0.3, -0.25) is 9.78 Å². The minimum atomic E-state index is -0.0739. The number of carbonyl (C=O) groups excluding carboxylic acids is 1. The summed E-state index contributed by atoms with van der Waals surface area (Å²) in [7, 11) is 0. The monoisotopic (exact) mass is 341 g/mol. The van der Waals surface area contributed by atoms with Crippen LogP contribution in [0.25, 0.3) is 0 Å². The standard InChI is InChI=1S/C17H15N3OS2/c21-17(19-9-13-4-3-7-18-8-13)15-5-1-2-6-16(15)23-11-14-10-22-12-20-14/h1-8,10,12H,9,11H2,(H,19,21). The van der Waals surface area contributed by atoms with E-state index in [1.807, 2.05) is 47.3 Å². The Bertz CT molecular complexity index is 761. The Morgan fingerprint density at radius 1 is 1.22 bits per heavy atom. The largest absolute Gasteiger partial charge is 0.348 e. The summed E-state index contributed by atoms with van der Waals surface area (Å²) in [6.07, 6.45) is 3.47. The molecule has 1 amide bonds. The molecule has 0 saturated carbocycles. The van der Waals surface area contributed by atoms with Crippen LogP contribution < -0.4 is 5.32 Å². The summed E-state index contributed by atoms with van der Waals surface area (Å²) in [5, 5.41) is 4.97. The molecule has 0 spiro atoms. The zero-order valence-corrected chi connectivity index (χ0v) is 13.9. The van der Waals surface area contributed by atoms with Gasteiger partial charge in [-0.1, -0.05) is 18.2 Å². The first-order valence-electron chi connectivity index (χ1n) is 7.09. The molecule has 0 atom stereocenters. The maximum absolute atomic E-state index is 12.4. The van der Waals surface area contributed by atoms with Gasteiger partial charge < -0.3 is 5.32 Å². The number of nitrogens with zero attached hydrogens (tertiary/aromatic N) is 2. The number of hydrogen-bond acceptors (Lipinski definition) is 5. The van der Waals surface area contributed by atoms with Gasteiger partial charge in [-0.2, -0.15) is 0 Å². The molecule has 0 aliphatic heterocycles. The van der Waals surface area contributed by atoms with Crippen LogP contribution >= 0.6 is 23.1 Å². The van der Waals surface area contributed by atoms with Gasteiger partial charge in [0.2, 0.25) is 0 Å². The van der Waals surface area contributed by atoms with Gasteiger partial charge in [0, 0.05) is 35.0 Å². The molecule has 1 N–H and O–H groups in total. The molecule has 0 saturated heterocycles. The van der Waals surface area contributed by atoms with Crippen molar-refractivity contribution in [3.8, 4) is 0 Å². The highest BCUT2D eigenvalue weighted by Gasteiger charge is 2.11. The van der Waals surface area contributed by atoms with Gasteiger partial charge in [-0.25, -0.2) is 4.98 Å². The van der Waals surface area contributed by atoms with Crippen molar-refractivity contribution in [2.75, 3.05) is 0 Å². The quantitative estimate of drug-likeness (QED) is 0.694. The Balaban J connectivity index is 1.65. The lowest BCUT2D eigenvalue weighted by Gasteiger charge is -2.09. The molecule has 0 bridgehead atoms. The van der Waals surface area contributed by atoms with Crippen molar-refractivity contribution in [1.82, 2.24) is 15.3 Å². The molecule has 4 nitrogen and oxygen atoms in total. The third-order valence-electron chi connectivity index (χ3n) is 3.17. The van der Waals surface area contributed by atoms with Crippen molar-refractivity contribution in [2.45, 2.75) is 17.2 Å². The molecule has 3 rings (SSSR count). The predicted molar refractivity (Wildman–Crippen MR) is 93.5 cm³/mol. The summed E-state index contributed by atoms with van der Waals surface area (Å²) >= 11 is 3.21. The summed E-state index contributed by atoms with van der Waals surface area (Å²) in [6, 6.07) is 11.4. The van der Waals surface area contributed by atoms with Crippen molar-refractivity contribution in [1.29, 1.82) is 0 Å². The first-order valence-corrected chi connectivity index (χ1v) is 9.02. The molecule has 23 heavy (non-hydrogen) atoms. The third-order valence-corrected chi connectivity index (χ3v) is 4.91. The Labute approximate surface area is 143 Å². The molecule has 6 heteroatoms. The number of pyridine rings is 1. The highest BCUT2D eigenvalue weighted by atomic mass is 32.2. The summed E-state index contributed by atoms with van der Waals surface area (Å²) in [5.74, 6) is 0.686. The van der Waals surface area contributed by atoms with Crippen molar-refractivity contribution in [2.24, 2.45) is 0 Å². The van der Waals surface area contributed by atoms with Crippen LogP contribution in [0.4, 0.5) is 0 Å². The minimum Gasteiger partial charge on any atom is -0.348 e. The van der Waals surface area contributed by atoms with E-state index in [0.29, 0.717) is 12.1 Å². The first kappa shape index (κ1) is 15.7. The van der Waals surface area contributed by atoms with Crippen LogP contribution in [0, 0.1) is 0 Å². The van der Waals surface area contributed by atoms with Crippen LogP contribution in [0.1, 0.15) is 21.6 Å². The van der Waals surface area contributed by atoms with Crippen molar-refractivity contribution in [3.63, 3.8) is 0 Å². The molecule has 0 unspecified atom stereocenters. The molecule has 0 fully saturated rings. The lowest BCUT2D eigenvalue weighted by molar-refractivity contribution is 0.0948. The van der Waals surface area contributed by atoms with Crippen LogP contribution in [0.3, 0.4) is 0 Å². The SMILES string of the molecule is O=C(NCc1cccnc1)c1ccccc1SCc1cscn1. The summed E-state index contributed by atoms with van der Waals surface area (Å²) in [5.41, 5.74) is 4.53. The number of hydrogen-bond donors (Lipinski definition) is 1. The van der Waals surface area contributed by atoms with Gasteiger partial charge in [0.15, 0.2) is 0 Å². The highest BCUT2D eigenvalue weighted by Crippen LogP contribution is 2.26. The average Bonchev–Trinajstić information content (AvgIpc) is 3.12. The van der Waals surface area contributed by atoms with Gasteiger partial charge in [-0.05, 0) is 23.8 Å². The number of aromatic nitrogens is 2. The van der Waals surface area contributed by atoms with Crippen molar-refractivity contribution in [3.05, 3.63) is 76.5 Å². The van der Waals surface area contributed by atoms with Crippen LogP contribution in [0.15, 0.2) is 64.6 Å². The minimum absolute atomic E-state index is 0.0739. The smallest absolute Gasteiger partial charge is 0.252 e. The second-order valence-corrected chi connectivity index (χ2v) is 6.54. The summed E-state index contributed by atoms with van der Waals surface area (Å²) in [4.78, 5) is 21.7. The zero-order chi connectivity index (χ0) is 15.9. The number of nitrogens with one attached hydrogen (secondary N) is 1. The Hall–Kier alpha value is -2.18. The fourth-order valence-electron chi connectivity index (χ4n) is 2.02. The number of carbonyl (C=O) groups is 1. The van der Waals surface area contributed by atoms with Gasteiger partial charge in [-0.15, -0.1) is 23.1 Å². The molecular weight excluding hydrogens is 326 g/mol. The Morgan fingerprint density at radius 2 is 2.13 bits per heavy atom. The van der Waals surface area contributed by atoms with Crippen LogP contribution in [0.2, 0.25) is 0 Å². The van der Waals surface area contributed by atoms with Crippen LogP contribution in [-0.4, -0.2) is 15.9 Å². The number of rotatable bonds is 6. The van der Waals surface area contributed by atoms with E-state index in [9.17, 15) is 4.79 Å². The van der Waals surface area contributed by atoms with Crippen LogP contribution in [-0.2, 0) is 12.3 Å². The van der Waals surface area contributed by atoms with Crippen LogP contribution in [0.5, 0.6) is 0 Å². The Kier molecular flexibility index (Phi) is 5.39. The first-order chi connectivity index (χ1) is 11.3. The van der Waals surface area contributed by atoms with Gasteiger partial charge in [0.25, 0.3) is 5.91 Å². The molecule has 0 radical (unpaired) electrons. The van der Waals surface area contributed by atoms with E-state index in [0.717, 1.165) is 21.9 Å².